The van der Waals surface area contributed by atoms with Crippen molar-refractivity contribution in [1.29, 1.82) is 0 Å². The molecule has 0 aromatic carbocycles. The van der Waals surface area contributed by atoms with Gasteiger partial charge in [-0.15, -0.1) is 0 Å². The number of hydrogen-bond donors (Lipinski definition) is 2. The van der Waals surface area contributed by atoms with Gasteiger partial charge in [0.25, 0.3) is 0 Å². The van der Waals surface area contributed by atoms with Gasteiger partial charge in [0.1, 0.15) is 5.76 Å². The van der Waals surface area contributed by atoms with Crippen LogP contribution in [0.25, 0.3) is 0 Å². The number of hydrogen-bond acceptors (Lipinski definition) is 4. The maximum atomic E-state index is 13.6. The zero-order valence-corrected chi connectivity index (χ0v) is 18.4. The van der Waals surface area contributed by atoms with Crippen LogP contribution in [-0.2, 0) is 9.53 Å². The molecule has 1 spiro atoms. The van der Waals surface area contributed by atoms with E-state index in [1.165, 1.54) is 5.57 Å². The summed E-state index contributed by atoms with van der Waals surface area (Å²) in [5.74, 6) is 1.42. The van der Waals surface area contributed by atoms with Crippen molar-refractivity contribution in [3.8, 4) is 0 Å². The second-order valence-electron chi connectivity index (χ2n) is 11.0. The molecule has 1 saturated heterocycles. The Morgan fingerprint density at radius 2 is 1.42 bits per heavy atom. The summed E-state index contributed by atoms with van der Waals surface area (Å²) < 4.78 is 6.82. The lowest BCUT2D eigenvalue weighted by Crippen LogP contribution is -2.77. The Kier molecular flexibility index (Phi) is 4.09. The molecule has 3 rings (SSSR count). The molecule has 0 aromatic heterocycles. The lowest BCUT2D eigenvalue weighted by atomic mass is 9.61. The Morgan fingerprint density at radius 3 is 2.00 bits per heavy atom. The molecule has 4 heteroatoms. The van der Waals surface area contributed by atoms with Crippen LogP contribution in [0.5, 0.6) is 0 Å². The summed E-state index contributed by atoms with van der Waals surface area (Å²) in [6, 6.07) is 0. The molecule has 3 heterocycles. The molecular formula is C22H38N2O2. The van der Waals surface area contributed by atoms with Gasteiger partial charge < -0.3 is 15.4 Å². The van der Waals surface area contributed by atoms with Gasteiger partial charge in [0, 0.05) is 34.9 Å². The quantitative estimate of drug-likeness (QED) is 0.685. The molecule has 0 aliphatic carbocycles. The van der Waals surface area contributed by atoms with Crippen LogP contribution in [0.2, 0.25) is 0 Å². The maximum Gasteiger partial charge on any atom is 0.184 e. The van der Waals surface area contributed by atoms with Gasteiger partial charge >= 0.3 is 0 Å². The van der Waals surface area contributed by atoms with Crippen LogP contribution in [0.15, 0.2) is 11.3 Å². The molecule has 0 unspecified atom stereocenters. The van der Waals surface area contributed by atoms with Crippen molar-refractivity contribution in [2.75, 3.05) is 0 Å². The largest absolute Gasteiger partial charge is 0.482 e. The topological polar surface area (TPSA) is 50.4 Å². The highest BCUT2D eigenvalue weighted by Gasteiger charge is 2.64. The smallest absolute Gasteiger partial charge is 0.184 e. The summed E-state index contributed by atoms with van der Waals surface area (Å²) in [4.78, 5) is 13.6. The fourth-order valence-electron chi connectivity index (χ4n) is 5.63. The van der Waals surface area contributed by atoms with Gasteiger partial charge in [-0.25, -0.2) is 0 Å². The number of rotatable bonds is 0. The van der Waals surface area contributed by atoms with Crippen LogP contribution in [0, 0.1) is 11.8 Å². The number of ketones is 1. The molecule has 0 aromatic rings. The van der Waals surface area contributed by atoms with Gasteiger partial charge in [0.05, 0.1) is 5.54 Å². The molecule has 3 atom stereocenters. The minimum absolute atomic E-state index is 0.0823. The van der Waals surface area contributed by atoms with Gasteiger partial charge in [-0.2, -0.15) is 0 Å². The second-order valence-corrected chi connectivity index (χ2v) is 11.0. The molecule has 3 aliphatic rings. The first-order valence-electron chi connectivity index (χ1n) is 10.1. The lowest BCUT2D eigenvalue weighted by Gasteiger charge is -2.60. The van der Waals surface area contributed by atoms with E-state index in [0.29, 0.717) is 0 Å². The van der Waals surface area contributed by atoms with Crippen molar-refractivity contribution in [3.05, 3.63) is 11.3 Å². The predicted molar refractivity (Wildman–Crippen MR) is 106 cm³/mol. The van der Waals surface area contributed by atoms with Gasteiger partial charge in [-0.1, -0.05) is 13.8 Å². The number of piperidine rings is 1. The zero-order valence-electron chi connectivity index (χ0n) is 18.4. The van der Waals surface area contributed by atoms with Crippen LogP contribution in [0.4, 0.5) is 0 Å². The van der Waals surface area contributed by atoms with Crippen LogP contribution in [0.1, 0.15) is 82.1 Å². The minimum atomic E-state index is -0.793. The van der Waals surface area contributed by atoms with Crippen molar-refractivity contribution in [3.63, 3.8) is 0 Å². The zero-order chi connectivity index (χ0) is 19.9. The van der Waals surface area contributed by atoms with Crippen LogP contribution < -0.4 is 10.6 Å². The minimum Gasteiger partial charge on any atom is -0.482 e. The predicted octanol–water partition coefficient (Wildman–Crippen LogP) is 3.95. The molecule has 3 aliphatic heterocycles. The van der Waals surface area contributed by atoms with E-state index in [2.05, 4.69) is 72.9 Å². The van der Waals surface area contributed by atoms with E-state index in [4.69, 9.17) is 4.74 Å². The van der Waals surface area contributed by atoms with E-state index in [0.717, 1.165) is 18.6 Å². The van der Waals surface area contributed by atoms with E-state index < -0.39 is 11.1 Å². The fraction of sp³-hybridized carbons (Fsp3) is 0.864. The molecule has 1 fully saturated rings. The molecule has 148 valence electrons. The van der Waals surface area contributed by atoms with Crippen molar-refractivity contribution in [1.82, 2.24) is 10.6 Å². The first kappa shape index (κ1) is 19.9. The monoisotopic (exact) mass is 362 g/mol. The fourth-order valence-corrected chi connectivity index (χ4v) is 5.63. The Labute approximate surface area is 159 Å². The molecule has 2 N–H and O–H groups in total. The average molecular weight is 363 g/mol. The van der Waals surface area contributed by atoms with Crippen LogP contribution >= 0.6 is 0 Å². The average Bonchev–Trinajstić information content (AvgIpc) is 2.47. The van der Waals surface area contributed by atoms with Crippen LogP contribution in [-0.4, -0.2) is 33.5 Å². The molecule has 26 heavy (non-hydrogen) atoms. The highest BCUT2D eigenvalue weighted by Crippen LogP contribution is 2.52. The molecule has 4 nitrogen and oxygen atoms in total. The van der Waals surface area contributed by atoms with Crippen LogP contribution in [0.3, 0.4) is 0 Å². The van der Waals surface area contributed by atoms with Gasteiger partial charge in [0.2, 0.25) is 0 Å². The summed E-state index contributed by atoms with van der Waals surface area (Å²) in [6.45, 7) is 21.7. The normalized spacial score (nSPS) is 40.2. The third-order valence-corrected chi connectivity index (χ3v) is 7.69. The van der Waals surface area contributed by atoms with Crippen molar-refractivity contribution in [2.24, 2.45) is 11.8 Å². The van der Waals surface area contributed by atoms with Crippen molar-refractivity contribution < 1.29 is 9.53 Å². The highest BCUT2D eigenvalue weighted by atomic mass is 16.5. The third kappa shape index (κ3) is 2.51. The summed E-state index contributed by atoms with van der Waals surface area (Å²) in [5.41, 5.74) is -0.317. The van der Waals surface area contributed by atoms with Gasteiger partial charge in [-0.3, -0.25) is 4.79 Å². The Balaban J connectivity index is 2.11. The van der Waals surface area contributed by atoms with Crippen molar-refractivity contribution >= 4 is 5.78 Å². The maximum absolute atomic E-state index is 13.6. The number of Topliss-reactive ketones (excluding diaryl/α,β-unsaturated/α-hetero) is 1. The number of nitrogens with one attached hydrogen (secondary N) is 2. The van der Waals surface area contributed by atoms with E-state index in [-0.39, 0.29) is 34.2 Å². The summed E-state index contributed by atoms with van der Waals surface area (Å²) in [7, 11) is 0. The number of ether oxygens (including phenoxy) is 1. The SMILES string of the molecule is C[C@@H]1C2=C(CC[C@]3(O2)C(=O)[C@H](C)C(C)(C)NC3(C)C)C(C)(C)NC1(C)C. The summed E-state index contributed by atoms with van der Waals surface area (Å²) >= 11 is 0. The first-order chi connectivity index (χ1) is 11.6. The van der Waals surface area contributed by atoms with E-state index in [9.17, 15) is 4.79 Å². The van der Waals surface area contributed by atoms with Gasteiger partial charge in [0.15, 0.2) is 11.4 Å². The number of carbonyl (C=O) groups is 1. The summed E-state index contributed by atoms with van der Waals surface area (Å²) in [6.07, 6.45) is 1.64. The third-order valence-electron chi connectivity index (χ3n) is 7.69. The van der Waals surface area contributed by atoms with Crippen molar-refractivity contribution in [2.45, 2.75) is 110 Å². The Bertz CT molecular complexity index is 672. The standard InChI is InChI=1S/C22H38N2O2/c1-13-16-15(20(7,8)23-18(13,3)4)11-12-22(26-16)17(25)14(2)19(5,6)24-21(22,9)10/h13-14,23-24H,11-12H2,1-10H3/t13-,14+,22+/m1/s1. The molecule has 0 amide bonds. The summed E-state index contributed by atoms with van der Waals surface area (Å²) in [5, 5.41) is 7.53. The Morgan fingerprint density at radius 1 is 0.885 bits per heavy atom. The Hall–Kier alpha value is -0.870. The highest BCUT2D eigenvalue weighted by molar-refractivity contribution is 5.93. The van der Waals surface area contributed by atoms with E-state index >= 15 is 0 Å². The first-order valence-corrected chi connectivity index (χ1v) is 10.1. The molecular weight excluding hydrogens is 324 g/mol. The number of carbonyl (C=O) groups excluding carboxylic acids is 1. The van der Waals surface area contributed by atoms with E-state index in [1.54, 1.807) is 0 Å². The molecule has 0 bridgehead atoms. The second kappa shape index (κ2) is 5.35. The molecule has 0 saturated carbocycles. The van der Waals surface area contributed by atoms with Gasteiger partial charge in [-0.05, 0) is 67.4 Å². The van der Waals surface area contributed by atoms with E-state index in [1.807, 2.05) is 6.92 Å². The lowest BCUT2D eigenvalue weighted by molar-refractivity contribution is -0.175. The molecule has 0 radical (unpaired) electrons.